The van der Waals surface area contributed by atoms with Crippen molar-refractivity contribution in [3.8, 4) is 0 Å². The van der Waals surface area contributed by atoms with Crippen molar-refractivity contribution in [3.05, 3.63) is 53.2 Å². The number of pyridine rings is 1. The number of aromatic nitrogens is 4. The lowest BCUT2D eigenvalue weighted by Gasteiger charge is -2.31. The maximum Gasteiger partial charge on any atom is 0.188 e. The van der Waals surface area contributed by atoms with E-state index >= 15 is 0 Å². The van der Waals surface area contributed by atoms with Crippen molar-refractivity contribution in [2.75, 3.05) is 18.4 Å². The molecule has 3 aromatic heterocycles. The number of aromatic amines is 1. The van der Waals surface area contributed by atoms with Gasteiger partial charge in [0.15, 0.2) is 5.13 Å². The molecule has 130 valence electrons. The number of H-pyrrole nitrogens is 1. The number of piperidine rings is 1. The highest BCUT2D eigenvalue weighted by Gasteiger charge is 2.23. The molecule has 1 atom stereocenters. The third kappa shape index (κ3) is 4.05. The summed E-state index contributed by atoms with van der Waals surface area (Å²) in [6.07, 6.45) is 7.92. The van der Waals surface area contributed by atoms with Crippen LogP contribution >= 0.6 is 11.3 Å². The van der Waals surface area contributed by atoms with Crippen LogP contribution in [0.2, 0.25) is 0 Å². The van der Waals surface area contributed by atoms with Gasteiger partial charge < -0.3 is 10.3 Å². The van der Waals surface area contributed by atoms with Gasteiger partial charge in [-0.15, -0.1) is 11.3 Å². The summed E-state index contributed by atoms with van der Waals surface area (Å²) in [7, 11) is 0. The largest absolute Gasteiger partial charge is 0.347 e. The van der Waals surface area contributed by atoms with E-state index in [2.05, 4.69) is 36.6 Å². The summed E-state index contributed by atoms with van der Waals surface area (Å²) in [6.45, 7) is 5.15. The average molecular weight is 354 g/mol. The Kier molecular flexibility index (Phi) is 4.76. The topological polar surface area (TPSA) is 69.7 Å². The molecule has 1 fully saturated rings. The predicted molar refractivity (Wildman–Crippen MR) is 100 cm³/mol. The van der Waals surface area contributed by atoms with E-state index < -0.39 is 0 Å². The summed E-state index contributed by atoms with van der Waals surface area (Å²) < 4.78 is 0. The normalized spacial score (nSPS) is 18.4. The summed E-state index contributed by atoms with van der Waals surface area (Å²) in [5.74, 6) is 1.34. The van der Waals surface area contributed by atoms with Crippen molar-refractivity contribution >= 4 is 22.3 Å². The standard InChI is InChI=1S/C18H22N6S/c1-13-4-5-17(20-7-13)23-18-22-16(11-25-18)14-3-2-6-24(9-14)10-15-8-19-12-21-15/h4-5,7-8,11-12,14H,2-3,6,9-10H2,1H3,(H,19,21)(H,20,22,23)/t14-/m1/s1. The molecule has 7 heteroatoms. The molecule has 1 aliphatic rings. The Balaban J connectivity index is 1.39. The molecule has 0 amide bonds. The molecule has 0 aliphatic carbocycles. The minimum atomic E-state index is 0.495. The van der Waals surface area contributed by atoms with E-state index in [1.807, 2.05) is 25.4 Å². The number of imidazole rings is 1. The van der Waals surface area contributed by atoms with Gasteiger partial charge in [0, 0.05) is 42.5 Å². The van der Waals surface area contributed by atoms with Crippen LogP contribution in [0.5, 0.6) is 0 Å². The number of anilines is 2. The lowest BCUT2D eigenvalue weighted by atomic mass is 9.95. The number of likely N-dealkylation sites (tertiary alicyclic amines) is 1. The fraction of sp³-hybridized carbons (Fsp3) is 0.389. The van der Waals surface area contributed by atoms with Gasteiger partial charge in [-0.3, -0.25) is 4.90 Å². The monoisotopic (exact) mass is 354 g/mol. The van der Waals surface area contributed by atoms with Gasteiger partial charge >= 0.3 is 0 Å². The zero-order chi connectivity index (χ0) is 17.1. The SMILES string of the molecule is Cc1ccc(Nc2nc([C@@H]3CCCN(Cc4cnc[nH]4)C3)cs2)nc1. The van der Waals surface area contributed by atoms with Crippen molar-refractivity contribution < 1.29 is 0 Å². The molecule has 3 aromatic rings. The van der Waals surface area contributed by atoms with Gasteiger partial charge in [0.1, 0.15) is 5.82 Å². The van der Waals surface area contributed by atoms with Crippen molar-refractivity contribution in [1.82, 2.24) is 24.8 Å². The van der Waals surface area contributed by atoms with Crippen molar-refractivity contribution in [2.45, 2.75) is 32.2 Å². The third-order valence-electron chi connectivity index (χ3n) is 4.54. The number of nitrogens with zero attached hydrogens (tertiary/aromatic N) is 4. The number of thiazole rings is 1. The third-order valence-corrected chi connectivity index (χ3v) is 5.32. The van der Waals surface area contributed by atoms with Crippen molar-refractivity contribution in [1.29, 1.82) is 0 Å². The number of aryl methyl sites for hydroxylation is 1. The predicted octanol–water partition coefficient (Wildman–Crippen LogP) is 3.69. The van der Waals surface area contributed by atoms with Gasteiger partial charge in [-0.05, 0) is 37.9 Å². The number of hydrogen-bond acceptors (Lipinski definition) is 6. The molecular formula is C18H22N6S. The fourth-order valence-electron chi connectivity index (χ4n) is 3.23. The van der Waals surface area contributed by atoms with E-state index in [1.54, 1.807) is 17.7 Å². The Morgan fingerprint density at radius 1 is 1.36 bits per heavy atom. The van der Waals surface area contributed by atoms with Crippen molar-refractivity contribution in [2.24, 2.45) is 0 Å². The first-order chi connectivity index (χ1) is 12.3. The average Bonchev–Trinajstić information content (AvgIpc) is 3.29. The second-order valence-electron chi connectivity index (χ2n) is 6.57. The molecule has 4 heterocycles. The van der Waals surface area contributed by atoms with Crippen LogP contribution in [0.3, 0.4) is 0 Å². The highest BCUT2D eigenvalue weighted by Crippen LogP contribution is 2.30. The Labute approximate surface area is 151 Å². The maximum absolute atomic E-state index is 4.80. The van der Waals surface area contributed by atoms with Gasteiger partial charge in [0.05, 0.1) is 12.0 Å². The van der Waals surface area contributed by atoms with E-state index in [4.69, 9.17) is 4.98 Å². The van der Waals surface area contributed by atoms with E-state index in [1.165, 1.54) is 24.2 Å². The summed E-state index contributed by atoms with van der Waals surface area (Å²) in [5, 5.41) is 6.40. The van der Waals surface area contributed by atoms with Gasteiger partial charge in [0.25, 0.3) is 0 Å². The van der Waals surface area contributed by atoms with E-state index in [9.17, 15) is 0 Å². The zero-order valence-electron chi connectivity index (χ0n) is 14.3. The van der Waals surface area contributed by atoms with E-state index in [0.29, 0.717) is 5.92 Å². The van der Waals surface area contributed by atoms with Crippen molar-refractivity contribution in [3.63, 3.8) is 0 Å². The van der Waals surface area contributed by atoms with Crippen LogP contribution in [0.4, 0.5) is 10.9 Å². The molecule has 0 bridgehead atoms. The smallest absolute Gasteiger partial charge is 0.188 e. The quantitative estimate of drug-likeness (QED) is 0.731. The highest BCUT2D eigenvalue weighted by molar-refractivity contribution is 7.13. The Morgan fingerprint density at radius 2 is 2.32 bits per heavy atom. The summed E-state index contributed by atoms with van der Waals surface area (Å²) in [4.78, 5) is 19.0. The lowest BCUT2D eigenvalue weighted by molar-refractivity contribution is 0.197. The Morgan fingerprint density at radius 3 is 3.12 bits per heavy atom. The van der Waals surface area contributed by atoms with Gasteiger partial charge in [-0.1, -0.05) is 6.07 Å². The molecule has 0 aromatic carbocycles. The molecule has 2 N–H and O–H groups in total. The highest BCUT2D eigenvalue weighted by atomic mass is 32.1. The molecule has 0 saturated carbocycles. The second kappa shape index (κ2) is 7.33. The Bertz CT molecular complexity index is 795. The van der Waals surface area contributed by atoms with Gasteiger partial charge in [0.2, 0.25) is 0 Å². The summed E-state index contributed by atoms with van der Waals surface area (Å²) >= 11 is 1.65. The Hall–Kier alpha value is -2.25. The maximum atomic E-state index is 4.80. The molecular weight excluding hydrogens is 332 g/mol. The molecule has 1 aliphatic heterocycles. The minimum Gasteiger partial charge on any atom is -0.347 e. The number of hydrogen-bond donors (Lipinski definition) is 2. The number of nitrogens with one attached hydrogen (secondary N) is 2. The van der Waals surface area contributed by atoms with Crippen LogP contribution < -0.4 is 5.32 Å². The molecule has 0 unspecified atom stereocenters. The molecule has 0 spiro atoms. The van der Waals surface area contributed by atoms with Crippen LogP contribution in [0.15, 0.2) is 36.2 Å². The lowest BCUT2D eigenvalue weighted by Crippen LogP contribution is -2.34. The molecule has 4 rings (SSSR count). The van der Waals surface area contributed by atoms with E-state index in [0.717, 1.165) is 36.1 Å². The minimum absolute atomic E-state index is 0.495. The van der Waals surface area contributed by atoms with E-state index in [-0.39, 0.29) is 0 Å². The van der Waals surface area contributed by atoms with Gasteiger partial charge in [-0.25, -0.2) is 15.0 Å². The second-order valence-corrected chi connectivity index (χ2v) is 7.43. The summed E-state index contributed by atoms with van der Waals surface area (Å²) in [6, 6.07) is 4.04. The fourth-order valence-corrected chi connectivity index (χ4v) is 4.03. The van der Waals surface area contributed by atoms with Crippen LogP contribution in [0.1, 0.15) is 35.7 Å². The number of rotatable bonds is 5. The van der Waals surface area contributed by atoms with Gasteiger partial charge in [-0.2, -0.15) is 0 Å². The zero-order valence-corrected chi connectivity index (χ0v) is 15.1. The molecule has 0 radical (unpaired) electrons. The summed E-state index contributed by atoms with van der Waals surface area (Å²) in [5.41, 5.74) is 3.52. The first kappa shape index (κ1) is 16.2. The first-order valence-corrected chi connectivity index (χ1v) is 9.49. The van der Waals surface area contributed by atoms with Crippen LogP contribution in [0.25, 0.3) is 0 Å². The van der Waals surface area contributed by atoms with Crippen LogP contribution in [-0.2, 0) is 6.54 Å². The van der Waals surface area contributed by atoms with Crippen LogP contribution in [-0.4, -0.2) is 37.9 Å². The molecule has 25 heavy (non-hydrogen) atoms. The molecule has 1 saturated heterocycles. The first-order valence-electron chi connectivity index (χ1n) is 8.61. The van der Waals surface area contributed by atoms with Crippen LogP contribution in [0, 0.1) is 6.92 Å². The molecule has 6 nitrogen and oxygen atoms in total.